The maximum atomic E-state index is 13.4. The predicted octanol–water partition coefficient (Wildman–Crippen LogP) is 4.73. The van der Waals surface area contributed by atoms with E-state index in [1.54, 1.807) is 13.2 Å². The number of nitrogens with zero attached hydrogens (tertiary/aromatic N) is 3. The number of halogens is 1. The van der Waals surface area contributed by atoms with Gasteiger partial charge in [-0.2, -0.15) is 0 Å². The largest absolute Gasteiger partial charge is 0.497 e. The minimum absolute atomic E-state index is 0.167. The summed E-state index contributed by atoms with van der Waals surface area (Å²) in [6.45, 7) is 2.04. The maximum absolute atomic E-state index is 13.4. The maximum Gasteiger partial charge on any atom is 0.224 e. The average Bonchev–Trinajstić information content (AvgIpc) is 3.40. The van der Waals surface area contributed by atoms with Crippen molar-refractivity contribution in [3.63, 3.8) is 0 Å². The highest BCUT2D eigenvalue weighted by Gasteiger charge is 2.27. The number of benzene rings is 2. The summed E-state index contributed by atoms with van der Waals surface area (Å²) in [7, 11) is 1.66. The zero-order chi connectivity index (χ0) is 21.4. The van der Waals surface area contributed by atoms with Gasteiger partial charge in [0.25, 0.3) is 0 Å². The van der Waals surface area contributed by atoms with Gasteiger partial charge in [-0.3, -0.25) is 4.79 Å². The number of fused-ring (bicyclic) bond motifs is 2. The Morgan fingerprint density at radius 1 is 1.19 bits per heavy atom. The Labute approximate surface area is 179 Å². The third-order valence-corrected chi connectivity index (χ3v) is 6.24. The first-order chi connectivity index (χ1) is 15.1. The molecule has 5 rings (SSSR count). The van der Waals surface area contributed by atoms with Crippen LogP contribution in [0.3, 0.4) is 0 Å². The summed E-state index contributed by atoms with van der Waals surface area (Å²) in [5, 5.41) is 6.15. The molecule has 0 bridgehead atoms. The zero-order valence-electron chi connectivity index (χ0n) is 17.4. The van der Waals surface area contributed by atoms with Crippen molar-refractivity contribution in [2.24, 2.45) is 0 Å². The van der Waals surface area contributed by atoms with Gasteiger partial charge in [0.05, 0.1) is 12.8 Å². The summed E-state index contributed by atoms with van der Waals surface area (Å²) < 4.78 is 26.1. The van der Waals surface area contributed by atoms with Crippen LogP contribution in [0.2, 0.25) is 0 Å². The highest BCUT2D eigenvalue weighted by molar-refractivity contribution is 5.82. The van der Waals surface area contributed by atoms with Gasteiger partial charge in [-0.15, -0.1) is 0 Å². The molecular formula is C24H24FN3O3. The van der Waals surface area contributed by atoms with E-state index in [9.17, 15) is 9.18 Å². The third-order valence-electron chi connectivity index (χ3n) is 6.24. The van der Waals surface area contributed by atoms with E-state index in [1.807, 2.05) is 35.4 Å². The Morgan fingerprint density at radius 2 is 2.03 bits per heavy atom. The summed E-state index contributed by atoms with van der Waals surface area (Å²) in [5.41, 5.74) is 2.45. The Balaban J connectivity index is 1.19. The number of hydrogen-bond donors (Lipinski definition) is 0. The molecule has 0 aliphatic carbocycles. The van der Waals surface area contributed by atoms with Crippen molar-refractivity contribution in [3.8, 4) is 5.75 Å². The molecule has 0 unspecified atom stereocenters. The molecule has 4 aromatic rings. The van der Waals surface area contributed by atoms with Crippen molar-refractivity contribution in [1.29, 1.82) is 0 Å². The Kier molecular flexibility index (Phi) is 5.10. The van der Waals surface area contributed by atoms with Crippen LogP contribution in [0.25, 0.3) is 21.9 Å². The second-order valence-electron chi connectivity index (χ2n) is 8.05. The highest BCUT2D eigenvalue weighted by atomic mass is 19.1. The number of hydrogen-bond acceptors (Lipinski definition) is 4. The number of carbonyl (C=O) groups excluding carboxylic acids is 1. The van der Waals surface area contributed by atoms with Crippen molar-refractivity contribution in [1.82, 2.24) is 14.6 Å². The number of methoxy groups -OCH3 is 1. The van der Waals surface area contributed by atoms with Gasteiger partial charge in [-0.05, 0) is 49.2 Å². The molecule has 160 valence electrons. The van der Waals surface area contributed by atoms with E-state index in [-0.39, 0.29) is 17.6 Å². The first-order valence-electron chi connectivity index (χ1n) is 10.6. The molecule has 31 heavy (non-hydrogen) atoms. The van der Waals surface area contributed by atoms with Crippen molar-refractivity contribution in [2.75, 3.05) is 20.2 Å². The second kappa shape index (κ2) is 8.06. The summed E-state index contributed by atoms with van der Waals surface area (Å²) in [4.78, 5) is 14.7. The SMILES string of the molecule is COc1ccc2c(ccn2CCC(=O)N2CCC(c3noc4cc(F)ccc34)CC2)c1. The number of ether oxygens (including phenoxy) is 1. The minimum Gasteiger partial charge on any atom is -0.497 e. The van der Waals surface area contributed by atoms with E-state index in [0.29, 0.717) is 31.6 Å². The van der Waals surface area contributed by atoms with Crippen LogP contribution in [-0.2, 0) is 11.3 Å². The van der Waals surface area contributed by atoms with E-state index >= 15 is 0 Å². The monoisotopic (exact) mass is 421 g/mol. The lowest BCUT2D eigenvalue weighted by atomic mass is 9.91. The van der Waals surface area contributed by atoms with Gasteiger partial charge in [0.2, 0.25) is 5.91 Å². The Morgan fingerprint density at radius 3 is 2.84 bits per heavy atom. The van der Waals surface area contributed by atoms with Gasteiger partial charge < -0.3 is 18.7 Å². The van der Waals surface area contributed by atoms with Crippen molar-refractivity contribution >= 4 is 27.8 Å². The standard InChI is InChI=1S/C24H24FN3O3/c1-30-19-3-5-21-17(14-19)8-10-27(21)13-9-23(29)28-11-6-16(7-12-28)24-20-4-2-18(25)15-22(20)31-26-24/h2-5,8,10,14-16H,6-7,9,11-13H2,1H3. The number of aromatic nitrogens is 2. The summed E-state index contributed by atoms with van der Waals surface area (Å²) in [6.07, 6.45) is 4.14. The van der Waals surface area contributed by atoms with Crippen LogP contribution >= 0.6 is 0 Å². The average molecular weight is 421 g/mol. The summed E-state index contributed by atoms with van der Waals surface area (Å²) >= 11 is 0. The fraction of sp³-hybridized carbons (Fsp3) is 0.333. The van der Waals surface area contributed by atoms with Gasteiger partial charge >= 0.3 is 0 Å². The molecule has 1 saturated heterocycles. The quantitative estimate of drug-likeness (QED) is 0.468. The molecule has 0 spiro atoms. The topological polar surface area (TPSA) is 60.5 Å². The normalized spacial score (nSPS) is 15.1. The highest BCUT2D eigenvalue weighted by Crippen LogP contribution is 2.33. The van der Waals surface area contributed by atoms with E-state index in [4.69, 9.17) is 9.26 Å². The molecule has 0 radical (unpaired) electrons. The van der Waals surface area contributed by atoms with Crippen LogP contribution in [0, 0.1) is 5.82 Å². The minimum atomic E-state index is -0.328. The molecule has 2 aromatic heterocycles. The van der Waals surface area contributed by atoms with Crippen LogP contribution in [-0.4, -0.2) is 40.7 Å². The number of piperidine rings is 1. The molecule has 6 nitrogen and oxygen atoms in total. The predicted molar refractivity (Wildman–Crippen MR) is 116 cm³/mol. The molecule has 0 saturated carbocycles. The fourth-order valence-corrected chi connectivity index (χ4v) is 4.50. The van der Waals surface area contributed by atoms with Gasteiger partial charge in [-0.1, -0.05) is 5.16 Å². The summed E-state index contributed by atoms with van der Waals surface area (Å²) in [5.74, 6) is 0.888. The molecule has 2 aromatic carbocycles. The van der Waals surface area contributed by atoms with Crippen molar-refractivity contribution < 1.29 is 18.4 Å². The van der Waals surface area contributed by atoms with Crippen LogP contribution in [0.5, 0.6) is 5.75 Å². The van der Waals surface area contributed by atoms with E-state index in [1.165, 1.54) is 12.1 Å². The molecule has 1 fully saturated rings. The van der Waals surface area contributed by atoms with Gasteiger partial charge in [0.1, 0.15) is 11.6 Å². The van der Waals surface area contributed by atoms with Crippen molar-refractivity contribution in [3.05, 3.63) is 60.2 Å². The third kappa shape index (κ3) is 3.76. The molecule has 0 atom stereocenters. The Bertz CT molecular complexity index is 1240. The van der Waals surface area contributed by atoms with E-state index in [2.05, 4.69) is 9.72 Å². The van der Waals surface area contributed by atoms with Crippen molar-refractivity contribution in [2.45, 2.75) is 31.7 Å². The zero-order valence-corrected chi connectivity index (χ0v) is 17.4. The number of amides is 1. The smallest absolute Gasteiger partial charge is 0.224 e. The lowest BCUT2D eigenvalue weighted by Gasteiger charge is -2.31. The lowest BCUT2D eigenvalue weighted by molar-refractivity contribution is -0.132. The number of likely N-dealkylation sites (tertiary alicyclic amines) is 1. The number of rotatable bonds is 5. The molecule has 1 aliphatic rings. The van der Waals surface area contributed by atoms with E-state index in [0.717, 1.165) is 40.6 Å². The first-order valence-corrected chi connectivity index (χ1v) is 10.6. The fourth-order valence-electron chi connectivity index (χ4n) is 4.50. The van der Waals surface area contributed by atoms with Crippen LogP contribution in [0.15, 0.2) is 53.2 Å². The van der Waals surface area contributed by atoms with Gasteiger partial charge in [0, 0.05) is 60.5 Å². The first kappa shape index (κ1) is 19.6. The van der Waals surface area contributed by atoms with Gasteiger partial charge in [0.15, 0.2) is 5.58 Å². The molecule has 1 aliphatic heterocycles. The summed E-state index contributed by atoms with van der Waals surface area (Å²) in [6, 6.07) is 12.5. The second-order valence-corrected chi connectivity index (χ2v) is 8.05. The Hall–Kier alpha value is -3.35. The van der Waals surface area contributed by atoms with E-state index < -0.39 is 0 Å². The van der Waals surface area contributed by atoms with Gasteiger partial charge in [-0.25, -0.2) is 4.39 Å². The van der Waals surface area contributed by atoms with Crippen LogP contribution in [0.4, 0.5) is 4.39 Å². The molecule has 7 heteroatoms. The molecular weight excluding hydrogens is 397 g/mol. The molecule has 0 N–H and O–H groups in total. The molecule has 1 amide bonds. The number of aryl methyl sites for hydroxylation is 1. The lowest BCUT2D eigenvalue weighted by Crippen LogP contribution is -2.38. The number of carbonyl (C=O) groups is 1. The molecule has 3 heterocycles. The van der Waals surface area contributed by atoms with Crippen LogP contribution < -0.4 is 4.74 Å². The van der Waals surface area contributed by atoms with Crippen LogP contribution in [0.1, 0.15) is 30.9 Å².